The van der Waals surface area contributed by atoms with Gasteiger partial charge >= 0.3 is 0 Å². The van der Waals surface area contributed by atoms with Gasteiger partial charge in [0.15, 0.2) is 0 Å². The summed E-state index contributed by atoms with van der Waals surface area (Å²) in [6.07, 6.45) is 2.92. The third kappa shape index (κ3) is 4.10. The predicted octanol–water partition coefficient (Wildman–Crippen LogP) is 4.44. The summed E-state index contributed by atoms with van der Waals surface area (Å²) in [6.45, 7) is 1.84. The lowest BCUT2D eigenvalue weighted by Gasteiger charge is -2.10. The highest BCUT2D eigenvalue weighted by atomic mass is 35.5. The lowest BCUT2D eigenvalue weighted by Crippen LogP contribution is -2.15. The van der Waals surface area contributed by atoms with Crippen molar-refractivity contribution in [2.75, 3.05) is 17.7 Å². The van der Waals surface area contributed by atoms with Crippen molar-refractivity contribution in [1.29, 1.82) is 0 Å². The highest BCUT2D eigenvalue weighted by Gasteiger charge is 2.11. The van der Waals surface area contributed by atoms with Crippen molar-refractivity contribution >= 4 is 34.7 Å². The van der Waals surface area contributed by atoms with Gasteiger partial charge in [0.25, 0.3) is 5.91 Å². The number of rotatable bonds is 5. The maximum atomic E-state index is 12.3. The molecule has 0 saturated carbocycles. The van der Waals surface area contributed by atoms with Crippen LogP contribution in [0.25, 0.3) is 0 Å². The van der Waals surface area contributed by atoms with Crippen molar-refractivity contribution in [1.82, 2.24) is 9.97 Å². The Morgan fingerprint density at radius 2 is 1.85 bits per heavy atom. The maximum absolute atomic E-state index is 12.3. The fourth-order valence-electron chi connectivity index (χ4n) is 2.26. The van der Waals surface area contributed by atoms with Gasteiger partial charge in [-0.05, 0) is 48.9 Å². The van der Waals surface area contributed by atoms with Gasteiger partial charge in [-0.25, -0.2) is 9.97 Å². The summed E-state index contributed by atoms with van der Waals surface area (Å²) >= 11 is 6.06. The average Bonchev–Trinajstić information content (AvgIpc) is 2.66. The molecule has 1 aromatic heterocycles. The van der Waals surface area contributed by atoms with Crippen molar-refractivity contribution in [3.05, 3.63) is 71.1 Å². The van der Waals surface area contributed by atoms with Crippen LogP contribution in [0.4, 0.5) is 17.2 Å². The summed E-state index contributed by atoms with van der Waals surface area (Å²) in [7, 11) is 1.61. The van der Waals surface area contributed by atoms with Crippen molar-refractivity contribution in [2.24, 2.45) is 0 Å². The van der Waals surface area contributed by atoms with E-state index in [1.807, 2.05) is 31.2 Å². The summed E-state index contributed by atoms with van der Waals surface area (Å²) in [6, 6.07) is 12.7. The minimum absolute atomic E-state index is 0.213. The van der Waals surface area contributed by atoms with E-state index in [1.54, 1.807) is 25.3 Å². The number of halogens is 1. The Morgan fingerprint density at radius 3 is 2.50 bits per heavy atom. The second-order valence-corrected chi connectivity index (χ2v) is 5.91. The number of hydrogen-bond acceptors (Lipinski definition) is 5. The minimum Gasteiger partial charge on any atom is -0.497 e. The molecule has 0 radical (unpaired) electrons. The molecular weight excluding hydrogens is 352 g/mol. The molecule has 132 valence electrons. The fourth-order valence-corrected chi connectivity index (χ4v) is 2.44. The summed E-state index contributed by atoms with van der Waals surface area (Å²) in [5.74, 6) is 0.953. The number of benzene rings is 2. The quantitative estimate of drug-likeness (QED) is 0.696. The molecule has 2 aromatic carbocycles. The van der Waals surface area contributed by atoms with Crippen LogP contribution < -0.4 is 15.4 Å². The number of methoxy groups -OCH3 is 1. The first-order valence-corrected chi connectivity index (χ1v) is 8.24. The third-order valence-corrected chi connectivity index (χ3v) is 4.17. The van der Waals surface area contributed by atoms with Gasteiger partial charge < -0.3 is 15.4 Å². The second kappa shape index (κ2) is 7.84. The second-order valence-electron chi connectivity index (χ2n) is 5.51. The van der Waals surface area contributed by atoms with Gasteiger partial charge in [-0.2, -0.15) is 0 Å². The molecule has 0 fully saturated rings. The van der Waals surface area contributed by atoms with Crippen molar-refractivity contribution < 1.29 is 9.53 Å². The molecule has 0 saturated heterocycles. The van der Waals surface area contributed by atoms with E-state index in [2.05, 4.69) is 20.6 Å². The number of aromatic nitrogens is 2. The highest BCUT2D eigenvalue weighted by Crippen LogP contribution is 2.23. The van der Waals surface area contributed by atoms with Gasteiger partial charge in [0.1, 0.15) is 17.3 Å². The normalized spacial score (nSPS) is 10.3. The first-order valence-electron chi connectivity index (χ1n) is 7.86. The molecule has 0 aliphatic rings. The van der Waals surface area contributed by atoms with Crippen LogP contribution in [-0.2, 0) is 0 Å². The number of amides is 1. The van der Waals surface area contributed by atoms with Crippen LogP contribution in [0.1, 0.15) is 16.1 Å². The number of carbonyl (C=O) groups excluding carboxylic acids is 1. The Labute approximate surface area is 156 Å². The van der Waals surface area contributed by atoms with Crippen LogP contribution in [0, 0.1) is 6.92 Å². The molecule has 26 heavy (non-hydrogen) atoms. The fraction of sp³-hybridized carbons (Fsp3) is 0.105. The zero-order valence-electron chi connectivity index (χ0n) is 14.3. The number of hydrogen-bond donors (Lipinski definition) is 2. The number of ether oxygens (including phenoxy) is 1. The lowest BCUT2D eigenvalue weighted by molar-refractivity contribution is 0.102. The van der Waals surface area contributed by atoms with Crippen molar-refractivity contribution in [3.8, 4) is 5.75 Å². The van der Waals surface area contributed by atoms with E-state index in [0.717, 1.165) is 17.0 Å². The van der Waals surface area contributed by atoms with Crippen LogP contribution in [-0.4, -0.2) is 23.0 Å². The number of anilines is 3. The van der Waals surface area contributed by atoms with Crippen LogP contribution in [0.15, 0.2) is 54.9 Å². The minimum atomic E-state index is -0.348. The van der Waals surface area contributed by atoms with Crippen molar-refractivity contribution in [3.63, 3.8) is 0 Å². The van der Waals surface area contributed by atoms with E-state index in [1.165, 1.54) is 12.4 Å². The Hall–Kier alpha value is -3.12. The van der Waals surface area contributed by atoms with Crippen LogP contribution in [0.5, 0.6) is 5.75 Å². The van der Waals surface area contributed by atoms with Gasteiger partial charge in [-0.15, -0.1) is 0 Å². The Morgan fingerprint density at radius 1 is 1.08 bits per heavy atom. The Balaban J connectivity index is 1.68. The molecule has 2 N–H and O–H groups in total. The molecular formula is C19H17ClN4O2. The molecule has 0 atom stereocenters. The molecule has 0 spiro atoms. The first kappa shape index (κ1) is 17.7. The van der Waals surface area contributed by atoms with Gasteiger partial charge in [0.2, 0.25) is 0 Å². The first-order chi connectivity index (χ1) is 12.6. The summed E-state index contributed by atoms with van der Waals surface area (Å²) < 4.78 is 5.12. The van der Waals surface area contributed by atoms with Gasteiger partial charge in [-0.3, -0.25) is 4.79 Å². The maximum Gasteiger partial charge on any atom is 0.275 e. The van der Waals surface area contributed by atoms with Crippen LogP contribution >= 0.6 is 11.6 Å². The third-order valence-electron chi connectivity index (χ3n) is 3.76. The Bertz CT molecular complexity index is 912. The molecule has 0 unspecified atom stereocenters. The SMILES string of the molecule is COc1ccc(Nc2cnc(C(=O)Nc3cccc(Cl)c3C)cn2)cc1. The van der Waals surface area contributed by atoms with Gasteiger partial charge in [0.05, 0.1) is 19.5 Å². The molecule has 0 bridgehead atoms. The number of nitrogens with zero attached hydrogens (tertiary/aromatic N) is 2. The number of carbonyl (C=O) groups is 1. The van der Waals surface area contributed by atoms with Gasteiger partial charge in [-0.1, -0.05) is 17.7 Å². The van der Waals surface area contributed by atoms with Gasteiger partial charge in [0, 0.05) is 16.4 Å². The molecule has 0 aliphatic carbocycles. The zero-order valence-corrected chi connectivity index (χ0v) is 15.0. The molecule has 3 rings (SSSR count). The average molecular weight is 369 g/mol. The smallest absolute Gasteiger partial charge is 0.275 e. The largest absolute Gasteiger partial charge is 0.497 e. The molecule has 7 heteroatoms. The van der Waals surface area contributed by atoms with E-state index < -0.39 is 0 Å². The van der Waals surface area contributed by atoms with E-state index in [-0.39, 0.29) is 11.6 Å². The molecule has 6 nitrogen and oxygen atoms in total. The van der Waals surface area contributed by atoms with E-state index in [4.69, 9.17) is 16.3 Å². The highest BCUT2D eigenvalue weighted by molar-refractivity contribution is 6.31. The molecule has 0 aliphatic heterocycles. The monoisotopic (exact) mass is 368 g/mol. The van der Waals surface area contributed by atoms with Crippen LogP contribution in [0.2, 0.25) is 5.02 Å². The van der Waals surface area contributed by atoms with E-state index in [0.29, 0.717) is 16.5 Å². The lowest BCUT2D eigenvalue weighted by atomic mass is 10.2. The molecule has 1 heterocycles. The topological polar surface area (TPSA) is 76.1 Å². The van der Waals surface area contributed by atoms with Crippen molar-refractivity contribution in [2.45, 2.75) is 6.92 Å². The summed E-state index contributed by atoms with van der Waals surface area (Å²) in [4.78, 5) is 20.7. The van der Waals surface area contributed by atoms with E-state index >= 15 is 0 Å². The summed E-state index contributed by atoms with van der Waals surface area (Å²) in [5.41, 5.74) is 2.49. The standard InChI is InChI=1S/C19H17ClN4O2/c1-12-15(20)4-3-5-16(12)24-19(25)17-10-22-18(11-21-17)23-13-6-8-14(26-2)9-7-13/h3-11H,1-2H3,(H,22,23)(H,24,25). The zero-order chi connectivity index (χ0) is 18.5. The number of nitrogens with one attached hydrogen (secondary N) is 2. The van der Waals surface area contributed by atoms with E-state index in [9.17, 15) is 4.79 Å². The van der Waals surface area contributed by atoms with Crippen LogP contribution in [0.3, 0.4) is 0 Å². The molecule has 3 aromatic rings. The summed E-state index contributed by atoms with van der Waals surface area (Å²) in [5, 5.41) is 6.49. The molecule has 1 amide bonds. The Kier molecular flexibility index (Phi) is 5.34. The predicted molar refractivity (Wildman–Crippen MR) is 102 cm³/mol.